The van der Waals surface area contributed by atoms with Crippen LogP contribution in [0, 0.1) is 0 Å². The van der Waals surface area contributed by atoms with E-state index in [9.17, 15) is 4.79 Å². The Morgan fingerprint density at radius 2 is 1.46 bits per heavy atom. The van der Waals surface area contributed by atoms with Gasteiger partial charge in [0, 0.05) is 0 Å². The quantitative estimate of drug-likeness (QED) is 0.510. The Labute approximate surface area is 166 Å². The fourth-order valence-corrected chi connectivity index (χ4v) is 3.83. The standard InChI is InChI=1S/C25H25NO2/c1-25(2,3)28-24(27)26-17-19-13-7-8-14-20(19)21-15-9-10-16-22(21)23(26)18-11-5-4-6-12-18/h4-16,23H,17H2,1-3H3. The SMILES string of the molecule is CC(C)(C)OC(=O)N1Cc2ccccc2-c2ccccc2C1c1ccccc1. The first kappa shape index (κ1) is 18.3. The number of benzene rings is 3. The molecule has 3 aromatic carbocycles. The second kappa shape index (κ2) is 7.16. The molecule has 142 valence electrons. The van der Waals surface area contributed by atoms with Gasteiger partial charge in [-0.15, -0.1) is 0 Å². The summed E-state index contributed by atoms with van der Waals surface area (Å²) in [5.74, 6) is 0. The van der Waals surface area contributed by atoms with E-state index in [2.05, 4.69) is 48.5 Å². The number of amides is 1. The Bertz CT molecular complexity index is 989. The molecule has 0 fully saturated rings. The van der Waals surface area contributed by atoms with Gasteiger partial charge >= 0.3 is 6.09 Å². The third-order valence-corrected chi connectivity index (χ3v) is 4.96. The Morgan fingerprint density at radius 3 is 2.18 bits per heavy atom. The van der Waals surface area contributed by atoms with Crippen LogP contribution in [0.15, 0.2) is 78.9 Å². The molecule has 0 radical (unpaired) electrons. The normalized spacial score (nSPS) is 16.0. The summed E-state index contributed by atoms with van der Waals surface area (Å²) in [4.78, 5) is 15.1. The second-order valence-corrected chi connectivity index (χ2v) is 8.17. The van der Waals surface area contributed by atoms with Crippen molar-refractivity contribution in [3.63, 3.8) is 0 Å². The van der Waals surface area contributed by atoms with Gasteiger partial charge in [0.15, 0.2) is 0 Å². The van der Waals surface area contributed by atoms with E-state index < -0.39 is 5.60 Å². The highest BCUT2D eigenvalue weighted by atomic mass is 16.6. The summed E-state index contributed by atoms with van der Waals surface area (Å²) in [5, 5.41) is 0. The average Bonchev–Trinajstić information content (AvgIpc) is 2.82. The van der Waals surface area contributed by atoms with Gasteiger partial charge in [-0.25, -0.2) is 4.79 Å². The monoisotopic (exact) mass is 371 g/mol. The third-order valence-electron chi connectivity index (χ3n) is 4.96. The number of carbonyl (C=O) groups excluding carboxylic acids is 1. The predicted molar refractivity (Wildman–Crippen MR) is 112 cm³/mol. The number of hydrogen-bond donors (Lipinski definition) is 0. The van der Waals surface area contributed by atoms with E-state index in [1.165, 1.54) is 5.56 Å². The first-order valence-electron chi connectivity index (χ1n) is 9.66. The van der Waals surface area contributed by atoms with E-state index in [0.717, 1.165) is 22.3 Å². The van der Waals surface area contributed by atoms with Gasteiger partial charge in [-0.1, -0.05) is 78.9 Å². The van der Waals surface area contributed by atoms with Gasteiger partial charge in [0.1, 0.15) is 5.60 Å². The Kier molecular flexibility index (Phi) is 4.68. The minimum Gasteiger partial charge on any atom is -0.444 e. The fourth-order valence-electron chi connectivity index (χ4n) is 3.83. The molecule has 0 N–H and O–H groups in total. The van der Waals surface area contributed by atoms with E-state index in [1.807, 2.05) is 56.0 Å². The molecule has 0 saturated carbocycles. The van der Waals surface area contributed by atoms with Crippen LogP contribution < -0.4 is 0 Å². The molecule has 1 atom stereocenters. The number of nitrogens with zero attached hydrogens (tertiary/aromatic N) is 1. The minimum absolute atomic E-state index is 0.209. The van der Waals surface area contributed by atoms with Crippen LogP contribution in [0.25, 0.3) is 11.1 Å². The number of fused-ring (bicyclic) bond motifs is 3. The first-order chi connectivity index (χ1) is 13.4. The lowest BCUT2D eigenvalue weighted by Crippen LogP contribution is -2.39. The van der Waals surface area contributed by atoms with Crippen LogP contribution in [0.5, 0.6) is 0 Å². The largest absolute Gasteiger partial charge is 0.444 e. The zero-order valence-electron chi connectivity index (χ0n) is 16.6. The maximum absolute atomic E-state index is 13.3. The highest BCUT2D eigenvalue weighted by Crippen LogP contribution is 2.41. The first-order valence-corrected chi connectivity index (χ1v) is 9.66. The lowest BCUT2D eigenvalue weighted by molar-refractivity contribution is 0.0174. The van der Waals surface area contributed by atoms with E-state index in [0.29, 0.717) is 6.54 Å². The van der Waals surface area contributed by atoms with Crippen molar-refractivity contribution in [1.82, 2.24) is 4.90 Å². The molecule has 4 rings (SSSR count). The Morgan fingerprint density at radius 1 is 0.857 bits per heavy atom. The topological polar surface area (TPSA) is 29.5 Å². The van der Waals surface area contributed by atoms with Gasteiger partial charge in [-0.05, 0) is 48.6 Å². The molecule has 3 heteroatoms. The predicted octanol–water partition coefficient (Wildman–Crippen LogP) is 6.19. The summed E-state index contributed by atoms with van der Waals surface area (Å²) in [6.07, 6.45) is -0.298. The van der Waals surface area contributed by atoms with E-state index in [-0.39, 0.29) is 12.1 Å². The van der Waals surface area contributed by atoms with Crippen molar-refractivity contribution in [3.05, 3.63) is 95.6 Å². The molecular formula is C25H25NO2. The molecule has 1 aliphatic rings. The zero-order valence-corrected chi connectivity index (χ0v) is 16.6. The second-order valence-electron chi connectivity index (χ2n) is 8.17. The summed E-state index contributed by atoms with van der Waals surface area (Å²) >= 11 is 0. The Balaban J connectivity index is 1.92. The van der Waals surface area contributed by atoms with Gasteiger partial charge in [0.2, 0.25) is 0 Å². The van der Waals surface area contributed by atoms with E-state index in [1.54, 1.807) is 0 Å². The average molecular weight is 371 g/mol. The number of hydrogen-bond acceptors (Lipinski definition) is 2. The smallest absolute Gasteiger partial charge is 0.411 e. The molecule has 0 saturated heterocycles. The number of ether oxygens (including phenoxy) is 1. The molecule has 0 bridgehead atoms. The van der Waals surface area contributed by atoms with Crippen molar-refractivity contribution in [3.8, 4) is 11.1 Å². The molecule has 28 heavy (non-hydrogen) atoms. The highest BCUT2D eigenvalue weighted by Gasteiger charge is 2.34. The summed E-state index contributed by atoms with van der Waals surface area (Å²) in [6.45, 7) is 6.21. The molecule has 0 aromatic heterocycles. The van der Waals surface area contributed by atoms with Gasteiger partial charge in [0.25, 0.3) is 0 Å². The zero-order chi connectivity index (χ0) is 19.7. The van der Waals surface area contributed by atoms with Crippen molar-refractivity contribution in [2.75, 3.05) is 0 Å². The van der Waals surface area contributed by atoms with Crippen molar-refractivity contribution in [2.45, 2.75) is 39.0 Å². The van der Waals surface area contributed by atoms with Crippen molar-refractivity contribution < 1.29 is 9.53 Å². The van der Waals surface area contributed by atoms with Crippen LogP contribution in [0.1, 0.15) is 43.5 Å². The molecule has 3 nitrogen and oxygen atoms in total. The fraction of sp³-hybridized carbons (Fsp3) is 0.240. The molecule has 1 amide bonds. The summed E-state index contributed by atoms with van der Waals surface area (Å²) in [5.41, 5.74) is 5.10. The van der Waals surface area contributed by atoms with Crippen LogP contribution >= 0.6 is 0 Å². The van der Waals surface area contributed by atoms with Gasteiger partial charge in [-0.2, -0.15) is 0 Å². The third kappa shape index (κ3) is 3.53. The number of rotatable bonds is 1. The molecule has 1 unspecified atom stereocenters. The number of carbonyl (C=O) groups is 1. The van der Waals surface area contributed by atoms with Crippen LogP contribution in [0.4, 0.5) is 4.79 Å². The van der Waals surface area contributed by atoms with E-state index >= 15 is 0 Å². The highest BCUT2D eigenvalue weighted by molar-refractivity contribution is 5.77. The van der Waals surface area contributed by atoms with Crippen LogP contribution in [0.3, 0.4) is 0 Å². The minimum atomic E-state index is -0.552. The lowest BCUT2D eigenvalue weighted by atomic mass is 9.91. The molecular weight excluding hydrogens is 346 g/mol. The maximum Gasteiger partial charge on any atom is 0.411 e. The molecule has 1 heterocycles. The van der Waals surface area contributed by atoms with Crippen molar-refractivity contribution in [2.24, 2.45) is 0 Å². The summed E-state index contributed by atoms with van der Waals surface area (Å²) in [7, 11) is 0. The van der Waals surface area contributed by atoms with Gasteiger partial charge < -0.3 is 4.74 Å². The maximum atomic E-state index is 13.3. The van der Waals surface area contributed by atoms with Crippen LogP contribution in [-0.2, 0) is 11.3 Å². The summed E-state index contributed by atoms with van der Waals surface area (Å²) < 4.78 is 5.80. The van der Waals surface area contributed by atoms with Crippen LogP contribution in [-0.4, -0.2) is 16.6 Å². The molecule has 0 spiro atoms. The van der Waals surface area contributed by atoms with Crippen molar-refractivity contribution >= 4 is 6.09 Å². The van der Waals surface area contributed by atoms with Crippen LogP contribution in [0.2, 0.25) is 0 Å². The van der Waals surface area contributed by atoms with Crippen molar-refractivity contribution in [1.29, 1.82) is 0 Å². The molecule has 1 aliphatic heterocycles. The molecule has 3 aromatic rings. The molecule has 0 aliphatic carbocycles. The Hall–Kier alpha value is -3.07. The summed E-state index contributed by atoms with van der Waals surface area (Å²) in [6, 6.07) is 26.6. The van der Waals surface area contributed by atoms with E-state index in [4.69, 9.17) is 4.74 Å². The van der Waals surface area contributed by atoms with Gasteiger partial charge in [-0.3, -0.25) is 4.90 Å². The van der Waals surface area contributed by atoms with Gasteiger partial charge in [0.05, 0.1) is 12.6 Å². The lowest BCUT2D eigenvalue weighted by Gasteiger charge is -2.33.